The van der Waals surface area contributed by atoms with Crippen molar-refractivity contribution in [1.29, 1.82) is 0 Å². The van der Waals surface area contributed by atoms with Crippen LogP contribution in [-0.4, -0.2) is 35.7 Å². The Balaban J connectivity index is 1.55. The van der Waals surface area contributed by atoms with Crippen LogP contribution in [0.25, 0.3) is 22.3 Å². The average Bonchev–Trinajstić information content (AvgIpc) is 2.92. The molecule has 0 saturated carbocycles. The van der Waals surface area contributed by atoms with Gasteiger partial charge in [0.2, 0.25) is 0 Å². The molecule has 4 heteroatoms. The first-order chi connectivity index (χ1) is 18.9. The SMILES string of the molecule is CC(C)(C)c1cc(-c2ccccc2)cc(C=NCCN=Cc2cc(-c3ccccc3)cc(C(C)(C)C)c2O)c1O. The minimum absolute atomic E-state index is 0.218. The lowest BCUT2D eigenvalue weighted by Crippen LogP contribution is -2.12. The van der Waals surface area contributed by atoms with E-state index in [1.165, 1.54) is 0 Å². The normalized spacial score (nSPS) is 12.4. The molecule has 206 valence electrons. The van der Waals surface area contributed by atoms with Crippen molar-refractivity contribution in [3.05, 3.63) is 107 Å². The fourth-order valence-corrected chi connectivity index (χ4v) is 4.69. The number of nitrogens with zero attached hydrogens (tertiary/aromatic N) is 2. The monoisotopic (exact) mass is 532 g/mol. The fraction of sp³-hybridized carbons (Fsp3) is 0.278. The summed E-state index contributed by atoms with van der Waals surface area (Å²) in [6.07, 6.45) is 3.47. The van der Waals surface area contributed by atoms with Crippen molar-refractivity contribution in [2.45, 2.75) is 52.4 Å². The lowest BCUT2D eigenvalue weighted by atomic mass is 9.83. The molecule has 0 aliphatic rings. The van der Waals surface area contributed by atoms with Crippen LogP contribution in [0.2, 0.25) is 0 Å². The summed E-state index contributed by atoms with van der Waals surface area (Å²) in [5.74, 6) is 0.522. The molecule has 0 aromatic heterocycles. The van der Waals surface area contributed by atoms with Gasteiger partial charge in [-0.2, -0.15) is 0 Å². The largest absolute Gasteiger partial charge is 0.507 e. The Hall–Kier alpha value is -4.18. The van der Waals surface area contributed by atoms with Crippen molar-refractivity contribution >= 4 is 12.4 Å². The van der Waals surface area contributed by atoms with E-state index in [2.05, 4.69) is 87.9 Å². The molecular weight excluding hydrogens is 492 g/mol. The molecule has 0 aliphatic heterocycles. The van der Waals surface area contributed by atoms with Crippen molar-refractivity contribution in [1.82, 2.24) is 0 Å². The summed E-state index contributed by atoms with van der Waals surface area (Å²) in [6, 6.07) is 28.4. The Bertz CT molecular complexity index is 1390. The standard InChI is InChI=1S/C36H40N2O2/c1-35(2,3)31-21-27(25-13-9-7-10-14-25)19-29(33(31)39)23-37-17-18-38-24-30-20-28(26-15-11-8-12-16-26)22-32(34(30)40)36(4,5)6/h7-16,19-24,39-40H,17-18H2,1-6H3. The van der Waals surface area contributed by atoms with E-state index in [4.69, 9.17) is 0 Å². The zero-order valence-electron chi connectivity index (χ0n) is 24.4. The van der Waals surface area contributed by atoms with Crippen LogP contribution >= 0.6 is 0 Å². The maximum Gasteiger partial charge on any atom is 0.128 e. The van der Waals surface area contributed by atoms with Gasteiger partial charge in [-0.05, 0) is 57.3 Å². The van der Waals surface area contributed by atoms with Crippen LogP contribution in [0.3, 0.4) is 0 Å². The Morgan fingerprint density at radius 2 is 0.875 bits per heavy atom. The van der Waals surface area contributed by atoms with Crippen LogP contribution in [0.15, 0.2) is 94.9 Å². The summed E-state index contributed by atoms with van der Waals surface area (Å²) in [4.78, 5) is 9.15. The van der Waals surface area contributed by atoms with Gasteiger partial charge < -0.3 is 10.2 Å². The zero-order valence-corrected chi connectivity index (χ0v) is 24.4. The summed E-state index contributed by atoms with van der Waals surface area (Å²) in [7, 11) is 0. The van der Waals surface area contributed by atoms with Gasteiger partial charge in [0.15, 0.2) is 0 Å². The molecule has 0 amide bonds. The lowest BCUT2D eigenvalue weighted by Gasteiger charge is -2.23. The van der Waals surface area contributed by atoms with Crippen LogP contribution in [0, 0.1) is 0 Å². The number of hydrogen-bond acceptors (Lipinski definition) is 4. The summed E-state index contributed by atoms with van der Waals surface area (Å²) >= 11 is 0. The molecule has 2 N–H and O–H groups in total. The highest BCUT2D eigenvalue weighted by Crippen LogP contribution is 2.38. The molecule has 4 nitrogen and oxygen atoms in total. The highest BCUT2D eigenvalue weighted by atomic mass is 16.3. The first kappa shape index (κ1) is 28.8. The van der Waals surface area contributed by atoms with Crippen LogP contribution in [0.4, 0.5) is 0 Å². The predicted octanol–water partition coefficient (Wildman–Crippen LogP) is 8.56. The second-order valence-electron chi connectivity index (χ2n) is 12.2. The predicted molar refractivity (Wildman–Crippen MR) is 169 cm³/mol. The van der Waals surface area contributed by atoms with E-state index in [1.807, 2.05) is 48.5 Å². The summed E-state index contributed by atoms with van der Waals surface area (Å²) in [5, 5.41) is 22.1. The number of hydrogen-bond donors (Lipinski definition) is 2. The number of aromatic hydroxyl groups is 2. The molecule has 4 rings (SSSR count). The molecule has 0 radical (unpaired) electrons. The van der Waals surface area contributed by atoms with Gasteiger partial charge in [-0.1, -0.05) is 102 Å². The fourth-order valence-electron chi connectivity index (χ4n) is 4.69. The van der Waals surface area contributed by atoms with Crippen molar-refractivity contribution < 1.29 is 10.2 Å². The number of aliphatic imine (C=N–C) groups is 2. The third-order valence-corrected chi connectivity index (χ3v) is 6.93. The maximum absolute atomic E-state index is 11.0. The number of phenolic OH excluding ortho intramolecular Hbond substituents is 2. The summed E-state index contributed by atoms with van der Waals surface area (Å²) in [5.41, 5.74) is 7.01. The van der Waals surface area contributed by atoms with Gasteiger partial charge in [-0.15, -0.1) is 0 Å². The number of rotatable bonds is 7. The van der Waals surface area contributed by atoms with Gasteiger partial charge in [0.1, 0.15) is 11.5 Å². The highest BCUT2D eigenvalue weighted by Gasteiger charge is 2.22. The molecule has 4 aromatic carbocycles. The van der Waals surface area contributed by atoms with Gasteiger partial charge in [0, 0.05) is 34.7 Å². The van der Waals surface area contributed by atoms with Gasteiger partial charge in [-0.25, -0.2) is 0 Å². The second-order valence-corrected chi connectivity index (χ2v) is 12.2. The van der Waals surface area contributed by atoms with E-state index in [1.54, 1.807) is 12.4 Å². The lowest BCUT2D eigenvalue weighted by molar-refractivity contribution is 0.445. The molecule has 0 heterocycles. The Morgan fingerprint density at radius 1 is 0.525 bits per heavy atom. The van der Waals surface area contributed by atoms with Crippen molar-refractivity contribution in [2.24, 2.45) is 9.98 Å². The van der Waals surface area contributed by atoms with Crippen LogP contribution < -0.4 is 0 Å². The van der Waals surface area contributed by atoms with Crippen molar-refractivity contribution in [3.63, 3.8) is 0 Å². The Labute approximate surface area is 238 Å². The molecule has 40 heavy (non-hydrogen) atoms. The second kappa shape index (κ2) is 11.9. The van der Waals surface area contributed by atoms with Crippen LogP contribution in [0.1, 0.15) is 63.8 Å². The van der Waals surface area contributed by atoms with Crippen LogP contribution in [-0.2, 0) is 10.8 Å². The third kappa shape index (κ3) is 6.87. The number of phenols is 2. The molecule has 0 atom stereocenters. The molecule has 0 unspecified atom stereocenters. The molecule has 0 saturated heterocycles. The molecule has 0 fully saturated rings. The minimum atomic E-state index is -0.218. The topological polar surface area (TPSA) is 65.2 Å². The maximum atomic E-state index is 11.0. The summed E-state index contributed by atoms with van der Waals surface area (Å²) in [6.45, 7) is 13.5. The van der Waals surface area contributed by atoms with E-state index >= 15 is 0 Å². The van der Waals surface area contributed by atoms with Crippen LogP contribution in [0.5, 0.6) is 11.5 Å². The van der Waals surface area contributed by atoms with E-state index in [0.717, 1.165) is 33.4 Å². The minimum Gasteiger partial charge on any atom is -0.507 e. The van der Waals surface area contributed by atoms with E-state index < -0.39 is 0 Å². The first-order valence-electron chi connectivity index (χ1n) is 13.8. The van der Waals surface area contributed by atoms with Gasteiger partial charge in [0.05, 0.1) is 13.1 Å². The molecule has 0 aliphatic carbocycles. The van der Waals surface area contributed by atoms with Crippen molar-refractivity contribution in [3.8, 4) is 33.8 Å². The molecule has 0 bridgehead atoms. The molecular formula is C36H40N2O2. The Kier molecular flexibility index (Phi) is 8.58. The third-order valence-electron chi connectivity index (χ3n) is 6.93. The zero-order chi connectivity index (χ0) is 28.9. The molecule has 4 aromatic rings. The van der Waals surface area contributed by atoms with Crippen molar-refractivity contribution in [2.75, 3.05) is 13.1 Å². The highest BCUT2D eigenvalue weighted by molar-refractivity contribution is 5.88. The smallest absolute Gasteiger partial charge is 0.128 e. The number of benzene rings is 4. The average molecular weight is 533 g/mol. The first-order valence-corrected chi connectivity index (χ1v) is 13.8. The van der Waals surface area contributed by atoms with Gasteiger partial charge >= 0.3 is 0 Å². The quantitative estimate of drug-likeness (QED) is 0.185. The van der Waals surface area contributed by atoms with E-state index in [-0.39, 0.29) is 22.3 Å². The summed E-state index contributed by atoms with van der Waals surface area (Å²) < 4.78 is 0. The van der Waals surface area contributed by atoms with E-state index in [9.17, 15) is 10.2 Å². The van der Waals surface area contributed by atoms with E-state index in [0.29, 0.717) is 24.2 Å². The van der Waals surface area contributed by atoms with Gasteiger partial charge in [-0.3, -0.25) is 9.98 Å². The molecule has 0 spiro atoms. The van der Waals surface area contributed by atoms with Gasteiger partial charge in [0.25, 0.3) is 0 Å². The Morgan fingerprint density at radius 3 is 1.20 bits per heavy atom.